The number of carbonyl (C=O) groups is 1. The van der Waals surface area contributed by atoms with Crippen LogP contribution in [0.25, 0.3) is 0 Å². The maximum Gasteiger partial charge on any atom is 0.252 e. The molecule has 0 spiro atoms. The first-order valence-electron chi connectivity index (χ1n) is 7.49. The summed E-state index contributed by atoms with van der Waals surface area (Å²) in [7, 11) is -3.46. The van der Waals surface area contributed by atoms with E-state index in [4.69, 9.17) is 4.74 Å². The molecule has 1 unspecified atom stereocenters. The first kappa shape index (κ1) is 15.9. The number of nitrogens with zero attached hydrogens (tertiary/aromatic N) is 2. The highest BCUT2D eigenvalue weighted by Gasteiger charge is 2.35. The first-order valence-corrected chi connectivity index (χ1v) is 9.81. The molecule has 0 aliphatic carbocycles. The summed E-state index contributed by atoms with van der Waals surface area (Å²) in [6.07, 6.45) is 1.48. The summed E-state index contributed by atoms with van der Waals surface area (Å²) < 4.78 is 32.2. The fourth-order valence-corrected chi connectivity index (χ4v) is 5.61. The Morgan fingerprint density at radius 1 is 1.27 bits per heavy atom. The second-order valence-corrected chi connectivity index (χ2v) is 8.68. The number of rotatable bonds is 3. The zero-order valence-corrected chi connectivity index (χ0v) is 13.9. The maximum absolute atomic E-state index is 12.6. The molecule has 8 heteroatoms. The van der Waals surface area contributed by atoms with Crippen molar-refractivity contribution in [2.45, 2.75) is 17.1 Å². The maximum atomic E-state index is 12.6. The van der Waals surface area contributed by atoms with Crippen LogP contribution in [0.4, 0.5) is 0 Å². The van der Waals surface area contributed by atoms with E-state index in [0.717, 1.165) is 12.8 Å². The average molecular weight is 344 g/mol. The summed E-state index contributed by atoms with van der Waals surface area (Å²) in [4.78, 5) is 14.4. The van der Waals surface area contributed by atoms with Crippen molar-refractivity contribution in [3.05, 3.63) is 17.5 Å². The second kappa shape index (κ2) is 6.66. The summed E-state index contributed by atoms with van der Waals surface area (Å²) in [5.74, 6) is -0.170. The summed E-state index contributed by atoms with van der Waals surface area (Å²) in [5, 5.41) is 1.76. The molecule has 0 bridgehead atoms. The molecule has 22 heavy (non-hydrogen) atoms. The van der Waals surface area contributed by atoms with Gasteiger partial charge in [-0.15, -0.1) is 11.3 Å². The van der Waals surface area contributed by atoms with Crippen LogP contribution < -0.4 is 0 Å². The lowest BCUT2D eigenvalue weighted by Gasteiger charge is -2.35. The lowest BCUT2D eigenvalue weighted by Crippen LogP contribution is -2.49. The quantitative estimate of drug-likeness (QED) is 0.821. The van der Waals surface area contributed by atoms with Gasteiger partial charge in [-0.3, -0.25) is 4.79 Å². The Bertz CT molecular complexity index is 609. The van der Waals surface area contributed by atoms with Crippen molar-refractivity contribution in [1.29, 1.82) is 0 Å². The van der Waals surface area contributed by atoms with Gasteiger partial charge < -0.3 is 9.64 Å². The van der Waals surface area contributed by atoms with E-state index in [9.17, 15) is 13.2 Å². The largest absolute Gasteiger partial charge is 0.378 e. The standard InChI is InChI=1S/C14H20N2O4S2/c17-14(15-6-8-20-9-7-15)12-3-1-5-16(11-12)22(18,19)13-4-2-10-21-13/h2,4,10,12H,1,3,5-9,11H2. The van der Waals surface area contributed by atoms with E-state index in [2.05, 4.69) is 0 Å². The van der Waals surface area contributed by atoms with Crippen molar-refractivity contribution < 1.29 is 17.9 Å². The molecule has 6 nitrogen and oxygen atoms in total. The van der Waals surface area contributed by atoms with Gasteiger partial charge in [0.05, 0.1) is 19.1 Å². The Balaban J connectivity index is 1.70. The van der Waals surface area contributed by atoms with Crippen molar-refractivity contribution in [3.63, 3.8) is 0 Å². The number of morpholine rings is 1. The van der Waals surface area contributed by atoms with Gasteiger partial charge in [-0.2, -0.15) is 4.31 Å². The molecule has 0 saturated carbocycles. The Morgan fingerprint density at radius 3 is 2.73 bits per heavy atom. The lowest BCUT2D eigenvalue weighted by molar-refractivity contribution is -0.140. The van der Waals surface area contributed by atoms with Crippen LogP contribution in [-0.4, -0.2) is 62.9 Å². The number of ether oxygens (including phenoxy) is 1. The Hall–Kier alpha value is -0.960. The van der Waals surface area contributed by atoms with Gasteiger partial charge in [0.15, 0.2) is 0 Å². The number of sulfonamides is 1. The summed E-state index contributed by atoms with van der Waals surface area (Å²) in [6.45, 7) is 3.12. The van der Waals surface area contributed by atoms with Crippen molar-refractivity contribution in [2.75, 3.05) is 39.4 Å². The van der Waals surface area contributed by atoms with Gasteiger partial charge in [0.1, 0.15) is 4.21 Å². The van der Waals surface area contributed by atoms with Crippen molar-refractivity contribution in [3.8, 4) is 0 Å². The lowest BCUT2D eigenvalue weighted by atomic mass is 9.98. The van der Waals surface area contributed by atoms with Gasteiger partial charge >= 0.3 is 0 Å². The molecule has 0 aromatic carbocycles. The van der Waals surface area contributed by atoms with Crippen LogP contribution in [0.15, 0.2) is 21.7 Å². The van der Waals surface area contributed by atoms with Crippen LogP contribution in [0.2, 0.25) is 0 Å². The van der Waals surface area contributed by atoms with Crippen molar-refractivity contribution >= 4 is 27.3 Å². The molecular formula is C14H20N2O4S2. The third-order valence-electron chi connectivity index (χ3n) is 4.15. The topological polar surface area (TPSA) is 66.9 Å². The van der Waals surface area contributed by atoms with E-state index < -0.39 is 10.0 Å². The molecule has 3 heterocycles. The highest BCUT2D eigenvalue weighted by atomic mass is 32.2. The van der Waals surface area contributed by atoms with Gasteiger partial charge in [-0.1, -0.05) is 6.07 Å². The molecule has 1 aromatic rings. The average Bonchev–Trinajstić information content (AvgIpc) is 3.10. The number of hydrogen-bond donors (Lipinski definition) is 0. The fourth-order valence-electron chi connectivity index (χ4n) is 2.94. The molecule has 2 aliphatic rings. The Morgan fingerprint density at radius 2 is 2.05 bits per heavy atom. The number of amides is 1. The summed E-state index contributed by atoms with van der Waals surface area (Å²) >= 11 is 1.22. The Kier molecular flexibility index (Phi) is 4.82. The van der Waals surface area contributed by atoms with Crippen LogP contribution in [0.3, 0.4) is 0 Å². The molecular weight excluding hydrogens is 324 g/mol. The van der Waals surface area contributed by atoms with Crippen LogP contribution in [0.5, 0.6) is 0 Å². The highest BCUT2D eigenvalue weighted by Crippen LogP contribution is 2.27. The summed E-state index contributed by atoms with van der Waals surface area (Å²) in [6, 6.07) is 3.35. The van der Waals surface area contributed by atoms with Crippen LogP contribution >= 0.6 is 11.3 Å². The number of thiophene rings is 1. The van der Waals surface area contributed by atoms with Gasteiger partial charge in [0, 0.05) is 26.2 Å². The van der Waals surface area contributed by atoms with E-state index >= 15 is 0 Å². The van der Waals surface area contributed by atoms with Crippen molar-refractivity contribution in [2.24, 2.45) is 5.92 Å². The van der Waals surface area contributed by atoms with E-state index in [1.165, 1.54) is 15.6 Å². The molecule has 3 rings (SSSR count). The van der Waals surface area contributed by atoms with E-state index in [0.29, 0.717) is 37.1 Å². The zero-order chi connectivity index (χ0) is 15.6. The highest BCUT2D eigenvalue weighted by molar-refractivity contribution is 7.91. The smallest absolute Gasteiger partial charge is 0.252 e. The van der Waals surface area contributed by atoms with Gasteiger partial charge in [0.25, 0.3) is 10.0 Å². The second-order valence-electron chi connectivity index (χ2n) is 5.57. The molecule has 2 saturated heterocycles. The minimum Gasteiger partial charge on any atom is -0.378 e. The van der Waals surface area contributed by atoms with E-state index in [1.54, 1.807) is 22.4 Å². The fraction of sp³-hybridized carbons (Fsp3) is 0.643. The SMILES string of the molecule is O=C(C1CCCN(S(=O)(=O)c2cccs2)C1)N1CCOCC1. The molecule has 2 aliphatic heterocycles. The predicted molar refractivity (Wildman–Crippen MR) is 83.2 cm³/mol. The monoisotopic (exact) mass is 344 g/mol. The minimum atomic E-state index is -3.46. The molecule has 0 N–H and O–H groups in total. The van der Waals surface area contributed by atoms with E-state index in [1.807, 2.05) is 0 Å². The Labute approximate surface area is 134 Å². The molecule has 1 aromatic heterocycles. The normalized spacial score (nSPS) is 24.4. The van der Waals surface area contributed by atoms with Gasteiger partial charge in [-0.25, -0.2) is 8.42 Å². The van der Waals surface area contributed by atoms with Crippen LogP contribution in [0.1, 0.15) is 12.8 Å². The molecule has 122 valence electrons. The zero-order valence-electron chi connectivity index (χ0n) is 12.3. The van der Waals surface area contributed by atoms with Gasteiger partial charge in [-0.05, 0) is 24.3 Å². The van der Waals surface area contributed by atoms with Gasteiger partial charge in [0.2, 0.25) is 5.91 Å². The van der Waals surface area contributed by atoms with E-state index in [-0.39, 0.29) is 18.4 Å². The van der Waals surface area contributed by atoms with Crippen LogP contribution in [-0.2, 0) is 19.6 Å². The third kappa shape index (κ3) is 3.19. The summed E-state index contributed by atoms with van der Waals surface area (Å²) in [5.41, 5.74) is 0. The first-order chi connectivity index (χ1) is 10.6. The molecule has 1 amide bonds. The molecule has 2 fully saturated rings. The molecule has 0 radical (unpaired) electrons. The van der Waals surface area contributed by atoms with Crippen LogP contribution in [0, 0.1) is 5.92 Å². The number of piperidine rings is 1. The van der Waals surface area contributed by atoms with Crippen molar-refractivity contribution in [1.82, 2.24) is 9.21 Å². The number of carbonyl (C=O) groups excluding carboxylic acids is 1. The molecule has 1 atom stereocenters. The predicted octanol–water partition coefficient (Wildman–Crippen LogP) is 1.01. The minimum absolute atomic E-state index is 0.0642. The number of hydrogen-bond acceptors (Lipinski definition) is 5. The third-order valence-corrected chi connectivity index (χ3v) is 7.38.